The first kappa shape index (κ1) is 6.05. The molecule has 1 saturated heterocycles. The number of rotatable bonds is 1. The zero-order valence-corrected chi connectivity index (χ0v) is 5.39. The molecular formula is C6H14NO+. The van der Waals surface area contributed by atoms with Crippen LogP contribution < -0.4 is 5.32 Å². The van der Waals surface area contributed by atoms with E-state index in [4.69, 9.17) is 4.74 Å². The normalized spacial score (nSPS) is 30.4. The molecule has 48 valence electrons. The van der Waals surface area contributed by atoms with Gasteiger partial charge in [-0.1, -0.05) is 0 Å². The molecule has 0 aliphatic carbocycles. The van der Waals surface area contributed by atoms with E-state index in [0.717, 1.165) is 6.54 Å². The molecule has 1 rings (SSSR count). The molecule has 0 saturated carbocycles. The van der Waals surface area contributed by atoms with Crippen LogP contribution in [0, 0.1) is 0 Å². The van der Waals surface area contributed by atoms with Gasteiger partial charge in [-0.25, -0.2) is 0 Å². The molecule has 0 bridgehead atoms. The lowest BCUT2D eigenvalue weighted by Gasteiger charge is -2.17. The van der Waals surface area contributed by atoms with Gasteiger partial charge in [-0.3, -0.25) is 0 Å². The molecule has 1 aliphatic heterocycles. The first-order chi connectivity index (χ1) is 3.93. The molecule has 0 aromatic carbocycles. The molecule has 0 aromatic rings. The molecule has 0 radical (unpaired) electrons. The van der Waals surface area contributed by atoms with Crippen LogP contribution in [0.3, 0.4) is 0 Å². The average molecular weight is 116 g/mol. The highest BCUT2D eigenvalue weighted by Crippen LogP contribution is 1.99. The van der Waals surface area contributed by atoms with E-state index in [-0.39, 0.29) is 0 Å². The summed E-state index contributed by atoms with van der Waals surface area (Å²) >= 11 is 0. The number of methoxy groups -OCH3 is 1. The van der Waals surface area contributed by atoms with E-state index in [9.17, 15) is 0 Å². The van der Waals surface area contributed by atoms with Crippen LogP contribution in [0.4, 0.5) is 0 Å². The van der Waals surface area contributed by atoms with Crippen molar-refractivity contribution < 1.29 is 10.1 Å². The second kappa shape index (κ2) is 3.05. The van der Waals surface area contributed by atoms with Gasteiger partial charge in [-0.15, -0.1) is 0 Å². The Morgan fingerprint density at radius 1 is 1.62 bits per heavy atom. The van der Waals surface area contributed by atoms with Crippen LogP contribution in [0.15, 0.2) is 0 Å². The molecule has 1 heterocycles. The minimum atomic E-state index is 0.531. The molecule has 1 atom stereocenters. The standard InChI is InChI=1S/C6H13NO/c1-8-6-3-2-4-7-5-6/h6-7H,2-5H2,1H3/p+1/t6-/m1/s1. The second-order valence-corrected chi connectivity index (χ2v) is 2.31. The molecule has 0 unspecified atom stereocenters. The van der Waals surface area contributed by atoms with Gasteiger partial charge in [-0.2, -0.15) is 0 Å². The maximum atomic E-state index is 5.16. The topological polar surface area (TPSA) is 25.8 Å². The highest BCUT2D eigenvalue weighted by molar-refractivity contribution is 4.56. The smallest absolute Gasteiger partial charge is 0.106 e. The zero-order valence-electron chi connectivity index (χ0n) is 5.39. The van der Waals surface area contributed by atoms with Gasteiger partial charge in [0.1, 0.15) is 12.6 Å². The minimum absolute atomic E-state index is 0.531. The lowest BCUT2D eigenvalue weighted by Crippen LogP contribution is -2.88. The Bertz CT molecular complexity index is 59.5. The molecule has 8 heavy (non-hydrogen) atoms. The van der Waals surface area contributed by atoms with Crippen molar-refractivity contribution in [2.75, 3.05) is 20.2 Å². The first-order valence-corrected chi connectivity index (χ1v) is 3.28. The predicted octanol–water partition coefficient (Wildman–Crippen LogP) is -0.641. The van der Waals surface area contributed by atoms with Gasteiger partial charge in [-0.05, 0) is 12.8 Å². The molecule has 2 heteroatoms. The Morgan fingerprint density at radius 3 is 2.88 bits per heavy atom. The van der Waals surface area contributed by atoms with E-state index < -0.39 is 0 Å². The molecule has 2 nitrogen and oxygen atoms in total. The van der Waals surface area contributed by atoms with Crippen LogP contribution >= 0.6 is 0 Å². The van der Waals surface area contributed by atoms with Crippen LogP contribution in [0.5, 0.6) is 0 Å². The van der Waals surface area contributed by atoms with E-state index in [1.165, 1.54) is 19.4 Å². The number of hydrogen-bond donors (Lipinski definition) is 1. The zero-order chi connectivity index (χ0) is 5.82. The Kier molecular flexibility index (Phi) is 2.30. The van der Waals surface area contributed by atoms with E-state index in [1.807, 2.05) is 0 Å². The molecule has 2 N–H and O–H groups in total. The average Bonchev–Trinajstić information content (AvgIpc) is 1.90. The number of quaternary nitrogens is 1. The third-order valence-electron chi connectivity index (χ3n) is 1.70. The highest BCUT2D eigenvalue weighted by Gasteiger charge is 2.13. The summed E-state index contributed by atoms with van der Waals surface area (Å²) in [4.78, 5) is 0. The van der Waals surface area contributed by atoms with Crippen LogP contribution in [0.1, 0.15) is 12.8 Å². The van der Waals surface area contributed by atoms with Crippen molar-refractivity contribution >= 4 is 0 Å². The van der Waals surface area contributed by atoms with Crippen molar-refractivity contribution in [3.8, 4) is 0 Å². The summed E-state index contributed by atoms with van der Waals surface area (Å²) in [6, 6.07) is 0. The summed E-state index contributed by atoms with van der Waals surface area (Å²) < 4.78 is 5.16. The van der Waals surface area contributed by atoms with Gasteiger partial charge >= 0.3 is 0 Å². The monoisotopic (exact) mass is 116 g/mol. The van der Waals surface area contributed by atoms with Crippen LogP contribution in [-0.4, -0.2) is 26.3 Å². The number of hydrogen-bond acceptors (Lipinski definition) is 1. The number of piperidine rings is 1. The third kappa shape index (κ3) is 1.46. The van der Waals surface area contributed by atoms with Crippen LogP contribution in [0.25, 0.3) is 0 Å². The van der Waals surface area contributed by atoms with Crippen LogP contribution in [0.2, 0.25) is 0 Å². The predicted molar refractivity (Wildman–Crippen MR) is 31.7 cm³/mol. The lowest BCUT2D eigenvalue weighted by molar-refractivity contribution is -0.669. The molecule has 0 aromatic heterocycles. The van der Waals surface area contributed by atoms with Gasteiger partial charge in [0.15, 0.2) is 0 Å². The molecule has 0 amide bonds. The number of nitrogens with two attached hydrogens (primary N) is 1. The Balaban J connectivity index is 2.13. The molecule has 1 aliphatic rings. The van der Waals surface area contributed by atoms with Crippen molar-refractivity contribution in [3.63, 3.8) is 0 Å². The maximum Gasteiger partial charge on any atom is 0.106 e. The van der Waals surface area contributed by atoms with E-state index in [1.54, 1.807) is 7.11 Å². The SMILES string of the molecule is CO[C@@H]1CCC[NH2+]C1. The quantitative estimate of drug-likeness (QED) is 0.484. The fraction of sp³-hybridized carbons (Fsp3) is 1.00. The Morgan fingerprint density at radius 2 is 2.50 bits per heavy atom. The van der Waals surface area contributed by atoms with Crippen molar-refractivity contribution in [1.29, 1.82) is 0 Å². The largest absolute Gasteiger partial charge is 0.376 e. The first-order valence-electron chi connectivity index (χ1n) is 3.28. The van der Waals surface area contributed by atoms with Crippen molar-refractivity contribution in [1.82, 2.24) is 0 Å². The van der Waals surface area contributed by atoms with Gasteiger partial charge in [0.05, 0.1) is 6.54 Å². The summed E-state index contributed by atoms with van der Waals surface area (Å²) in [5.74, 6) is 0. The molecule has 0 spiro atoms. The van der Waals surface area contributed by atoms with Gasteiger partial charge in [0.25, 0.3) is 0 Å². The van der Waals surface area contributed by atoms with E-state index in [0.29, 0.717) is 6.10 Å². The summed E-state index contributed by atoms with van der Waals surface area (Å²) in [6.07, 6.45) is 3.11. The summed E-state index contributed by atoms with van der Waals surface area (Å²) in [5, 5.41) is 2.32. The van der Waals surface area contributed by atoms with Crippen molar-refractivity contribution in [2.24, 2.45) is 0 Å². The van der Waals surface area contributed by atoms with Gasteiger partial charge in [0.2, 0.25) is 0 Å². The Hall–Kier alpha value is -0.0800. The van der Waals surface area contributed by atoms with Gasteiger partial charge < -0.3 is 10.1 Å². The fourth-order valence-corrected chi connectivity index (χ4v) is 1.13. The van der Waals surface area contributed by atoms with Crippen molar-refractivity contribution in [3.05, 3.63) is 0 Å². The summed E-state index contributed by atoms with van der Waals surface area (Å²) in [5.41, 5.74) is 0. The minimum Gasteiger partial charge on any atom is -0.376 e. The Labute approximate surface area is 50.2 Å². The fourth-order valence-electron chi connectivity index (χ4n) is 1.13. The van der Waals surface area contributed by atoms with Gasteiger partial charge in [0, 0.05) is 7.11 Å². The third-order valence-corrected chi connectivity index (χ3v) is 1.70. The second-order valence-electron chi connectivity index (χ2n) is 2.31. The van der Waals surface area contributed by atoms with E-state index in [2.05, 4.69) is 5.32 Å². The molecular weight excluding hydrogens is 102 g/mol. The highest BCUT2D eigenvalue weighted by atomic mass is 16.5. The summed E-state index contributed by atoms with van der Waals surface area (Å²) in [7, 11) is 1.80. The maximum absolute atomic E-state index is 5.16. The van der Waals surface area contributed by atoms with Crippen molar-refractivity contribution in [2.45, 2.75) is 18.9 Å². The summed E-state index contributed by atoms with van der Waals surface area (Å²) in [6.45, 7) is 2.45. The number of ether oxygens (including phenoxy) is 1. The molecule has 1 fully saturated rings. The van der Waals surface area contributed by atoms with E-state index >= 15 is 0 Å². The lowest BCUT2D eigenvalue weighted by atomic mass is 10.1. The van der Waals surface area contributed by atoms with Crippen LogP contribution in [-0.2, 0) is 4.74 Å².